The van der Waals surface area contributed by atoms with Crippen LogP contribution >= 0.6 is 23.4 Å². The summed E-state index contributed by atoms with van der Waals surface area (Å²) in [5.41, 5.74) is 2.49. The molecule has 4 aromatic carbocycles. The molecule has 2 amide bonds. The molecule has 2 N–H and O–H groups in total. The van der Waals surface area contributed by atoms with Crippen LogP contribution in [0.4, 0.5) is 15.8 Å². The van der Waals surface area contributed by atoms with E-state index < -0.39 is 11.1 Å². The lowest BCUT2D eigenvalue weighted by Crippen LogP contribution is -2.19. The Morgan fingerprint density at radius 3 is 1.97 bits per heavy atom. The molecule has 0 aliphatic heterocycles. The fourth-order valence-corrected chi connectivity index (χ4v) is 4.35. The maximum atomic E-state index is 13.1. The maximum Gasteiger partial charge on any atom is 0.255 e. The summed E-state index contributed by atoms with van der Waals surface area (Å²) < 4.78 is 13.1. The predicted octanol–water partition coefficient (Wildman–Crippen LogP) is 7.20. The highest BCUT2D eigenvalue weighted by Gasteiger charge is 2.22. The van der Waals surface area contributed by atoms with Crippen molar-refractivity contribution in [2.24, 2.45) is 0 Å². The van der Waals surface area contributed by atoms with E-state index in [-0.39, 0.29) is 11.8 Å². The van der Waals surface area contributed by atoms with Crippen molar-refractivity contribution in [3.05, 3.63) is 125 Å². The van der Waals surface area contributed by atoms with Crippen LogP contribution in [0.3, 0.4) is 0 Å². The van der Waals surface area contributed by atoms with Gasteiger partial charge in [0.1, 0.15) is 11.1 Å². The van der Waals surface area contributed by atoms with Gasteiger partial charge in [-0.15, -0.1) is 11.8 Å². The first-order chi connectivity index (χ1) is 16.5. The number of benzene rings is 4. The van der Waals surface area contributed by atoms with Crippen molar-refractivity contribution in [1.29, 1.82) is 0 Å². The molecular formula is C27H20ClFN2O2S. The van der Waals surface area contributed by atoms with Crippen molar-refractivity contribution < 1.29 is 14.0 Å². The average molecular weight is 491 g/mol. The highest BCUT2D eigenvalue weighted by atomic mass is 35.5. The standard InChI is InChI=1S/C27H20ClFN2O2S/c28-20-8-12-22(13-9-20)31-27(33)25(18-4-2-1-3-5-18)34-24-16-14-23(15-17-24)30-26(32)19-6-10-21(29)11-7-19/h1-17,25H,(H,30,32)(H,31,33). The molecule has 0 saturated carbocycles. The van der Waals surface area contributed by atoms with Crippen molar-refractivity contribution in [3.8, 4) is 0 Å². The Labute approximate surface area is 206 Å². The molecule has 0 fully saturated rings. The second-order valence-electron chi connectivity index (χ2n) is 7.39. The largest absolute Gasteiger partial charge is 0.325 e. The Balaban J connectivity index is 1.47. The SMILES string of the molecule is O=C(Nc1ccc(SC(C(=O)Nc2ccc(Cl)cc2)c2ccccc2)cc1)c1ccc(F)cc1. The molecule has 0 spiro atoms. The molecule has 0 saturated heterocycles. The summed E-state index contributed by atoms with van der Waals surface area (Å²) in [6, 6.07) is 29.0. The third-order valence-corrected chi connectivity index (χ3v) is 6.44. The number of anilines is 2. The van der Waals surface area contributed by atoms with Crippen LogP contribution in [0.15, 0.2) is 108 Å². The number of rotatable bonds is 7. The topological polar surface area (TPSA) is 58.2 Å². The van der Waals surface area contributed by atoms with E-state index >= 15 is 0 Å². The molecule has 0 heterocycles. The molecule has 0 aliphatic carbocycles. The smallest absolute Gasteiger partial charge is 0.255 e. The van der Waals surface area contributed by atoms with Gasteiger partial charge in [-0.25, -0.2) is 4.39 Å². The number of halogens is 2. The third-order valence-electron chi connectivity index (χ3n) is 4.92. The van der Waals surface area contributed by atoms with Gasteiger partial charge in [0.2, 0.25) is 5.91 Å². The number of carbonyl (C=O) groups excluding carboxylic acids is 2. The van der Waals surface area contributed by atoms with E-state index in [2.05, 4.69) is 10.6 Å². The Hall–Kier alpha value is -3.61. The van der Waals surface area contributed by atoms with Gasteiger partial charge in [-0.1, -0.05) is 41.9 Å². The molecule has 1 atom stereocenters. The Morgan fingerprint density at radius 2 is 1.32 bits per heavy atom. The van der Waals surface area contributed by atoms with Crippen LogP contribution < -0.4 is 10.6 Å². The predicted molar refractivity (Wildman–Crippen MR) is 136 cm³/mol. The van der Waals surface area contributed by atoms with Gasteiger partial charge in [-0.3, -0.25) is 9.59 Å². The second-order valence-corrected chi connectivity index (χ2v) is 9.01. The first-order valence-corrected chi connectivity index (χ1v) is 11.7. The summed E-state index contributed by atoms with van der Waals surface area (Å²) in [5.74, 6) is -0.886. The summed E-state index contributed by atoms with van der Waals surface area (Å²) >= 11 is 7.35. The number of nitrogens with one attached hydrogen (secondary N) is 2. The number of hydrogen-bond donors (Lipinski definition) is 2. The van der Waals surface area contributed by atoms with E-state index in [1.165, 1.54) is 36.0 Å². The zero-order valence-corrected chi connectivity index (χ0v) is 19.4. The van der Waals surface area contributed by atoms with E-state index in [4.69, 9.17) is 11.6 Å². The maximum absolute atomic E-state index is 13.1. The number of carbonyl (C=O) groups is 2. The van der Waals surface area contributed by atoms with Gasteiger partial charge in [0.25, 0.3) is 5.91 Å². The van der Waals surface area contributed by atoms with Gasteiger partial charge >= 0.3 is 0 Å². The van der Waals surface area contributed by atoms with Crippen LogP contribution in [0.1, 0.15) is 21.2 Å². The number of thioether (sulfide) groups is 1. The lowest BCUT2D eigenvalue weighted by atomic mass is 10.1. The number of hydrogen-bond acceptors (Lipinski definition) is 3. The van der Waals surface area contributed by atoms with Crippen molar-refractivity contribution in [2.45, 2.75) is 10.1 Å². The molecule has 1 unspecified atom stereocenters. The minimum absolute atomic E-state index is 0.160. The molecule has 0 aromatic heterocycles. The molecular weight excluding hydrogens is 471 g/mol. The second kappa shape index (κ2) is 11.0. The fraction of sp³-hybridized carbons (Fsp3) is 0.0370. The van der Waals surface area contributed by atoms with E-state index in [1.807, 2.05) is 42.5 Å². The lowest BCUT2D eigenvalue weighted by Gasteiger charge is -2.17. The molecule has 0 aliphatic rings. The van der Waals surface area contributed by atoms with Crippen LogP contribution in [0.5, 0.6) is 0 Å². The molecule has 170 valence electrons. The van der Waals surface area contributed by atoms with Gasteiger partial charge in [0.15, 0.2) is 0 Å². The summed E-state index contributed by atoms with van der Waals surface area (Å²) in [7, 11) is 0. The summed E-state index contributed by atoms with van der Waals surface area (Å²) in [6.07, 6.45) is 0. The van der Waals surface area contributed by atoms with Gasteiger partial charge in [-0.2, -0.15) is 0 Å². The van der Waals surface area contributed by atoms with Gasteiger partial charge < -0.3 is 10.6 Å². The monoisotopic (exact) mass is 490 g/mol. The Kier molecular flexibility index (Phi) is 7.62. The van der Waals surface area contributed by atoms with Crippen LogP contribution in [0, 0.1) is 5.82 Å². The van der Waals surface area contributed by atoms with Gasteiger partial charge in [-0.05, 0) is 78.4 Å². The summed E-state index contributed by atoms with van der Waals surface area (Å²) in [6.45, 7) is 0. The van der Waals surface area contributed by atoms with Crippen LogP contribution in [0.2, 0.25) is 5.02 Å². The molecule has 34 heavy (non-hydrogen) atoms. The molecule has 7 heteroatoms. The van der Waals surface area contributed by atoms with Crippen LogP contribution in [-0.4, -0.2) is 11.8 Å². The Morgan fingerprint density at radius 1 is 0.735 bits per heavy atom. The van der Waals surface area contributed by atoms with E-state index in [0.717, 1.165) is 10.5 Å². The lowest BCUT2D eigenvalue weighted by molar-refractivity contribution is -0.115. The zero-order chi connectivity index (χ0) is 23.9. The normalized spacial score (nSPS) is 11.5. The fourth-order valence-electron chi connectivity index (χ4n) is 3.20. The molecule has 4 nitrogen and oxygen atoms in total. The van der Waals surface area contributed by atoms with E-state index in [1.54, 1.807) is 36.4 Å². The van der Waals surface area contributed by atoms with Crippen LogP contribution in [-0.2, 0) is 4.79 Å². The molecule has 4 rings (SSSR count). The van der Waals surface area contributed by atoms with Crippen molar-refractivity contribution in [1.82, 2.24) is 0 Å². The Bertz CT molecular complexity index is 1270. The number of amides is 2. The summed E-state index contributed by atoms with van der Waals surface area (Å²) in [4.78, 5) is 26.4. The highest BCUT2D eigenvalue weighted by molar-refractivity contribution is 8.00. The van der Waals surface area contributed by atoms with Gasteiger partial charge in [0, 0.05) is 26.9 Å². The van der Waals surface area contributed by atoms with Crippen molar-refractivity contribution in [2.75, 3.05) is 10.6 Å². The van der Waals surface area contributed by atoms with Crippen molar-refractivity contribution >= 4 is 46.6 Å². The minimum atomic E-state index is -0.489. The zero-order valence-electron chi connectivity index (χ0n) is 17.9. The average Bonchev–Trinajstić information content (AvgIpc) is 2.86. The quantitative estimate of drug-likeness (QED) is 0.269. The molecule has 0 radical (unpaired) electrons. The van der Waals surface area contributed by atoms with Crippen molar-refractivity contribution in [3.63, 3.8) is 0 Å². The van der Waals surface area contributed by atoms with Gasteiger partial charge in [0.05, 0.1) is 0 Å². The minimum Gasteiger partial charge on any atom is -0.325 e. The van der Waals surface area contributed by atoms with E-state index in [9.17, 15) is 14.0 Å². The third kappa shape index (κ3) is 6.25. The molecule has 4 aromatic rings. The highest BCUT2D eigenvalue weighted by Crippen LogP contribution is 2.36. The van der Waals surface area contributed by atoms with Crippen LogP contribution in [0.25, 0.3) is 0 Å². The molecule has 0 bridgehead atoms. The summed E-state index contributed by atoms with van der Waals surface area (Å²) in [5, 5.41) is 5.84. The first kappa shape index (κ1) is 23.5. The first-order valence-electron chi connectivity index (χ1n) is 10.4. The van der Waals surface area contributed by atoms with E-state index in [0.29, 0.717) is 22.0 Å².